The normalized spacial score (nSPS) is 22.4. The van der Waals surface area contributed by atoms with E-state index in [0.29, 0.717) is 52.5 Å². The highest BCUT2D eigenvalue weighted by atomic mass is 32.2. The Morgan fingerprint density at radius 1 is 0.952 bits per heavy atom. The summed E-state index contributed by atoms with van der Waals surface area (Å²) in [5, 5.41) is 0. The molecule has 3 heterocycles. The highest BCUT2D eigenvalue weighted by Crippen LogP contribution is 2.17. The van der Waals surface area contributed by atoms with Crippen molar-refractivity contribution in [2.24, 2.45) is 0 Å². The van der Waals surface area contributed by atoms with E-state index < -0.39 is 10.2 Å². The summed E-state index contributed by atoms with van der Waals surface area (Å²) < 4.78 is 33.4. The largest absolute Gasteiger partial charge is 0.379 e. The highest BCUT2D eigenvalue weighted by molar-refractivity contribution is 7.86. The molecule has 0 bridgehead atoms. The lowest BCUT2D eigenvalue weighted by Crippen LogP contribution is -2.55. The third kappa shape index (κ3) is 3.18. The second-order valence-corrected chi connectivity index (χ2v) is 7.02. The lowest BCUT2D eigenvalue weighted by molar-refractivity contribution is 0.0700. The summed E-state index contributed by atoms with van der Waals surface area (Å²) in [4.78, 5) is 6.43. The van der Waals surface area contributed by atoms with Gasteiger partial charge in [0.1, 0.15) is 5.82 Å². The predicted octanol–water partition coefficient (Wildman–Crippen LogP) is -0.219. The fourth-order valence-corrected chi connectivity index (χ4v) is 4.19. The molecular formula is C13H20N4O3S. The average molecular weight is 312 g/mol. The monoisotopic (exact) mass is 312 g/mol. The van der Waals surface area contributed by atoms with Crippen molar-refractivity contribution in [3.8, 4) is 0 Å². The van der Waals surface area contributed by atoms with Crippen LogP contribution in [0.25, 0.3) is 0 Å². The molecule has 116 valence electrons. The van der Waals surface area contributed by atoms with Crippen LogP contribution in [0.3, 0.4) is 0 Å². The van der Waals surface area contributed by atoms with Crippen molar-refractivity contribution in [1.82, 2.24) is 13.6 Å². The summed E-state index contributed by atoms with van der Waals surface area (Å²) in [5.41, 5.74) is 0. The average Bonchev–Trinajstić information content (AvgIpc) is 2.57. The number of anilines is 1. The van der Waals surface area contributed by atoms with Gasteiger partial charge in [-0.05, 0) is 12.1 Å². The molecule has 3 rings (SSSR count). The fourth-order valence-electron chi connectivity index (χ4n) is 2.63. The van der Waals surface area contributed by atoms with Crippen LogP contribution in [0, 0.1) is 0 Å². The quantitative estimate of drug-likeness (QED) is 0.772. The topological polar surface area (TPSA) is 66.0 Å². The van der Waals surface area contributed by atoms with Crippen LogP contribution >= 0.6 is 0 Å². The maximum atomic E-state index is 12.5. The molecule has 0 spiro atoms. The van der Waals surface area contributed by atoms with Crippen LogP contribution in [-0.4, -0.2) is 74.5 Å². The lowest BCUT2D eigenvalue weighted by Gasteiger charge is -2.38. The lowest BCUT2D eigenvalue weighted by atomic mass is 10.3. The Kier molecular flexibility index (Phi) is 4.39. The van der Waals surface area contributed by atoms with Crippen LogP contribution in [0.15, 0.2) is 24.4 Å². The van der Waals surface area contributed by atoms with Gasteiger partial charge in [-0.2, -0.15) is 17.0 Å². The van der Waals surface area contributed by atoms with Gasteiger partial charge in [-0.1, -0.05) is 6.07 Å². The molecule has 0 unspecified atom stereocenters. The van der Waals surface area contributed by atoms with E-state index in [1.807, 2.05) is 18.2 Å². The first kappa shape index (κ1) is 14.7. The number of hydrogen-bond acceptors (Lipinski definition) is 5. The first-order chi connectivity index (χ1) is 10.2. The molecule has 2 saturated heterocycles. The first-order valence-corrected chi connectivity index (χ1v) is 8.56. The number of hydrogen-bond donors (Lipinski definition) is 0. The molecule has 1 aromatic heterocycles. The summed E-state index contributed by atoms with van der Waals surface area (Å²) in [6, 6.07) is 5.77. The molecule has 21 heavy (non-hydrogen) atoms. The van der Waals surface area contributed by atoms with E-state index in [0.717, 1.165) is 5.82 Å². The predicted molar refractivity (Wildman–Crippen MR) is 79.3 cm³/mol. The Bertz CT molecular complexity index is 552. The maximum Gasteiger partial charge on any atom is 0.282 e. The molecule has 2 fully saturated rings. The van der Waals surface area contributed by atoms with Crippen LogP contribution in [0.2, 0.25) is 0 Å². The van der Waals surface area contributed by atoms with Crippen molar-refractivity contribution in [3.05, 3.63) is 24.4 Å². The Hall–Kier alpha value is -1.22. The summed E-state index contributed by atoms with van der Waals surface area (Å²) in [7, 11) is -3.35. The van der Waals surface area contributed by atoms with Gasteiger partial charge in [-0.15, -0.1) is 0 Å². The van der Waals surface area contributed by atoms with E-state index in [1.165, 1.54) is 4.31 Å². The molecule has 2 aliphatic heterocycles. The highest BCUT2D eigenvalue weighted by Gasteiger charge is 2.33. The number of piperazine rings is 1. The zero-order chi connectivity index (χ0) is 14.7. The maximum absolute atomic E-state index is 12.5. The van der Waals surface area contributed by atoms with Gasteiger partial charge in [-0.3, -0.25) is 0 Å². The van der Waals surface area contributed by atoms with Crippen molar-refractivity contribution in [1.29, 1.82) is 0 Å². The minimum absolute atomic E-state index is 0.447. The van der Waals surface area contributed by atoms with E-state index >= 15 is 0 Å². The van der Waals surface area contributed by atoms with Crippen molar-refractivity contribution in [3.63, 3.8) is 0 Å². The third-order valence-corrected chi connectivity index (χ3v) is 5.87. The first-order valence-electron chi connectivity index (χ1n) is 7.17. The van der Waals surface area contributed by atoms with E-state index in [-0.39, 0.29) is 0 Å². The van der Waals surface area contributed by atoms with E-state index in [2.05, 4.69) is 9.88 Å². The van der Waals surface area contributed by atoms with Crippen LogP contribution in [0.5, 0.6) is 0 Å². The van der Waals surface area contributed by atoms with Gasteiger partial charge in [0, 0.05) is 45.5 Å². The van der Waals surface area contributed by atoms with E-state index in [9.17, 15) is 8.42 Å². The molecule has 0 aromatic carbocycles. The number of morpholine rings is 1. The Morgan fingerprint density at radius 2 is 1.62 bits per heavy atom. The van der Waals surface area contributed by atoms with Crippen LogP contribution < -0.4 is 4.90 Å². The van der Waals surface area contributed by atoms with Crippen molar-refractivity contribution >= 4 is 16.0 Å². The van der Waals surface area contributed by atoms with Gasteiger partial charge >= 0.3 is 0 Å². The van der Waals surface area contributed by atoms with E-state index in [4.69, 9.17) is 4.74 Å². The second kappa shape index (κ2) is 6.27. The third-order valence-electron chi connectivity index (χ3n) is 3.83. The van der Waals surface area contributed by atoms with Gasteiger partial charge < -0.3 is 9.64 Å². The number of rotatable bonds is 3. The summed E-state index contributed by atoms with van der Waals surface area (Å²) in [6.07, 6.45) is 1.76. The Morgan fingerprint density at radius 3 is 2.24 bits per heavy atom. The van der Waals surface area contributed by atoms with Gasteiger partial charge in [0.2, 0.25) is 0 Å². The Labute approximate surface area is 125 Å². The smallest absolute Gasteiger partial charge is 0.282 e. The van der Waals surface area contributed by atoms with E-state index in [1.54, 1.807) is 10.5 Å². The molecule has 0 atom stereocenters. The minimum Gasteiger partial charge on any atom is -0.379 e. The summed E-state index contributed by atoms with van der Waals surface area (Å²) >= 11 is 0. The van der Waals surface area contributed by atoms with Gasteiger partial charge in [0.15, 0.2) is 0 Å². The zero-order valence-corrected chi connectivity index (χ0v) is 12.7. The molecule has 0 radical (unpaired) electrons. The molecule has 7 nitrogen and oxygen atoms in total. The van der Waals surface area contributed by atoms with Crippen LogP contribution in [0.4, 0.5) is 5.82 Å². The molecular weight excluding hydrogens is 292 g/mol. The van der Waals surface area contributed by atoms with Crippen molar-refractivity contribution in [2.45, 2.75) is 0 Å². The Balaban J connectivity index is 1.62. The SMILES string of the molecule is O=S(=O)(N1CCOCC1)N1CCN(c2ccccn2)CC1. The van der Waals surface area contributed by atoms with Gasteiger partial charge in [-0.25, -0.2) is 4.98 Å². The van der Waals surface area contributed by atoms with Gasteiger partial charge in [0.25, 0.3) is 10.2 Å². The number of aromatic nitrogens is 1. The van der Waals surface area contributed by atoms with Crippen molar-refractivity contribution in [2.75, 3.05) is 57.4 Å². The van der Waals surface area contributed by atoms with Crippen LogP contribution in [0.1, 0.15) is 0 Å². The van der Waals surface area contributed by atoms with Crippen LogP contribution in [-0.2, 0) is 14.9 Å². The number of nitrogens with zero attached hydrogens (tertiary/aromatic N) is 4. The molecule has 0 amide bonds. The molecule has 0 aliphatic carbocycles. The zero-order valence-electron chi connectivity index (χ0n) is 11.9. The molecule has 1 aromatic rings. The standard InChI is InChI=1S/C13H20N4O3S/c18-21(19,17-9-11-20-12-10-17)16-7-5-15(6-8-16)13-3-1-2-4-14-13/h1-4H,5-12H2. The van der Waals surface area contributed by atoms with Crippen molar-refractivity contribution < 1.29 is 13.2 Å². The molecule has 0 N–H and O–H groups in total. The second-order valence-electron chi connectivity index (χ2n) is 5.09. The number of pyridine rings is 1. The summed E-state index contributed by atoms with van der Waals surface area (Å²) in [5.74, 6) is 0.904. The molecule has 0 saturated carbocycles. The van der Waals surface area contributed by atoms with Gasteiger partial charge in [0.05, 0.1) is 13.2 Å². The fraction of sp³-hybridized carbons (Fsp3) is 0.615. The minimum atomic E-state index is -3.35. The summed E-state index contributed by atoms with van der Waals surface area (Å²) in [6.45, 7) is 4.18. The molecule has 2 aliphatic rings. The molecule has 8 heteroatoms. The number of ether oxygens (including phenoxy) is 1.